The zero-order chi connectivity index (χ0) is 13.9. The van der Waals surface area contributed by atoms with Gasteiger partial charge in [0, 0.05) is 23.1 Å². The maximum Gasteiger partial charge on any atom is 0.253 e. The maximum atomic E-state index is 12.4. The van der Waals surface area contributed by atoms with Gasteiger partial charge in [0.1, 0.15) is 0 Å². The molecule has 0 aromatic heterocycles. The van der Waals surface area contributed by atoms with E-state index in [0.29, 0.717) is 0 Å². The van der Waals surface area contributed by atoms with Gasteiger partial charge in [0.2, 0.25) is 0 Å². The molecular weight excluding hydrogens is 316 g/mol. The second kappa shape index (κ2) is 6.27. The average Bonchev–Trinajstić information content (AvgIpc) is 3.02. The van der Waals surface area contributed by atoms with E-state index in [9.17, 15) is 4.79 Å². The Kier molecular flexibility index (Phi) is 4.41. The summed E-state index contributed by atoms with van der Waals surface area (Å²) in [6.45, 7) is 4.17. The van der Waals surface area contributed by atoms with Crippen molar-refractivity contribution in [3.8, 4) is 0 Å². The summed E-state index contributed by atoms with van der Waals surface area (Å²) in [6.07, 6.45) is 3.63. The molecule has 2 aliphatic rings. The standard InChI is InChI=1S/C16H21BrN2O/c17-15-3-1-13(2-4-15)16(20)19-9-6-12(7-10-19)14-5-8-18-11-14/h1-4,12,14,18H,5-11H2. The van der Waals surface area contributed by atoms with Crippen LogP contribution < -0.4 is 5.32 Å². The minimum Gasteiger partial charge on any atom is -0.339 e. The fourth-order valence-corrected chi connectivity index (χ4v) is 3.69. The molecule has 3 rings (SSSR count). The average molecular weight is 337 g/mol. The largest absolute Gasteiger partial charge is 0.339 e. The summed E-state index contributed by atoms with van der Waals surface area (Å²) in [5, 5.41) is 3.45. The van der Waals surface area contributed by atoms with E-state index in [1.165, 1.54) is 19.5 Å². The Labute approximate surface area is 128 Å². The van der Waals surface area contributed by atoms with Gasteiger partial charge >= 0.3 is 0 Å². The van der Waals surface area contributed by atoms with E-state index in [0.717, 1.165) is 47.8 Å². The van der Waals surface area contributed by atoms with Crippen LogP contribution in [0.4, 0.5) is 0 Å². The number of benzene rings is 1. The van der Waals surface area contributed by atoms with E-state index in [-0.39, 0.29) is 5.91 Å². The summed E-state index contributed by atoms with van der Waals surface area (Å²) >= 11 is 3.41. The summed E-state index contributed by atoms with van der Waals surface area (Å²) < 4.78 is 1.02. The zero-order valence-electron chi connectivity index (χ0n) is 11.6. The summed E-state index contributed by atoms with van der Waals surface area (Å²) in [6, 6.07) is 7.67. The molecule has 1 amide bonds. The van der Waals surface area contributed by atoms with Gasteiger partial charge in [-0.15, -0.1) is 0 Å². The summed E-state index contributed by atoms with van der Waals surface area (Å²) in [7, 11) is 0. The molecule has 108 valence electrons. The summed E-state index contributed by atoms with van der Waals surface area (Å²) in [4.78, 5) is 14.5. The molecule has 4 heteroatoms. The lowest BCUT2D eigenvalue weighted by Gasteiger charge is -2.34. The number of hydrogen-bond donors (Lipinski definition) is 1. The van der Waals surface area contributed by atoms with Crippen LogP contribution in [0.5, 0.6) is 0 Å². The number of piperidine rings is 1. The third-order valence-corrected chi connectivity index (χ3v) is 5.21. The van der Waals surface area contributed by atoms with Crippen LogP contribution in [0.15, 0.2) is 28.7 Å². The first-order valence-electron chi connectivity index (χ1n) is 7.49. The monoisotopic (exact) mass is 336 g/mol. The number of nitrogens with zero attached hydrogens (tertiary/aromatic N) is 1. The van der Waals surface area contributed by atoms with E-state index >= 15 is 0 Å². The van der Waals surface area contributed by atoms with Crippen LogP contribution in [0.2, 0.25) is 0 Å². The van der Waals surface area contributed by atoms with Crippen molar-refractivity contribution in [1.29, 1.82) is 0 Å². The highest BCUT2D eigenvalue weighted by Crippen LogP contribution is 2.29. The molecule has 1 unspecified atom stereocenters. The highest BCUT2D eigenvalue weighted by Gasteiger charge is 2.30. The maximum absolute atomic E-state index is 12.4. The predicted octanol–water partition coefficient (Wildman–Crippen LogP) is 2.91. The van der Waals surface area contributed by atoms with Crippen LogP contribution in [0.25, 0.3) is 0 Å². The molecule has 1 atom stereocenters. The van der Waals surface area contributed by atoms with Gasteiger partial charge in [-0.25, -0.2) is 0 Å². The molecule has 0 spiro atoms. The molecule has 2 aliphatic heterocycles. The molecule has 2 fully saturated rings. The molecule has 0 aliphatic carbocycles. The molecule has 1 N–H and O–H groups in total. The molecule has 20 heavy (non-hydrogen) atoms. The fourth-order valence-electron chi connectivity index (χ4n) is 3.43. The highest BCUT2D eigenvalue weighted by atomic mass is 79.9. The molecule has 1 aromatic rings. The summed E-state index contributed by atoms with van der Waals surface area (Å²) in [5.41, 5.74) is 0.800. The molecule has 0 bridgehead atoms. The van der Waals surface area contributed by atoms with Crippen molar-refractivity contribution in [2.75, 3.05) is 26.2 Å². The number of rotatable bonds is 2. The Morgan fingerprint density at radius 2 is 1.80 bits per heavy atom. The quantitative estimate of drug-likeness (QED) is 0.900. The van der Waals surface area contributed by atoms with Crippen molar-refractivity contribution < 1.29 is 4.79 Å². The number of carbonyl (C=O) groups is 1. The van der Waals surface area contributed by atoms with Gasteiger partial charge in [-0.3, -0.25) is 4.79 Å². The van der Waals surface area contributed by atoms with Gasteiger partial charge in [0.05, 0.1) is 0 Å². The van der Waals surface area contributed by atoms with Crippen LogP contribution >= 0.6 is 15.9 Å². The van der Waals surface area contributed by atoms with Crippen LogP contribution in [0.3, 0.4) is 0 Å². The minimum absolute atomic E-state index is 0.181. The van der Waals surface area contributed by atoms with Crippen molar-refractivity contribution in [2.24, 2.45) is 11.8 Å². The van der Waals surface area contributed by atoms with Gasteiger partial charge in [-0.2, -0.15) is 0 Å². The van der Waals surface area contributed by atoms with E-state index in [1.807, 2.05) is 29.2 Å². The van der Waals surface area contributed by atoms with E-state index < -0.39 is 0 Å². The van der Waals surface area contributed by atoms with E-state index in [1.54, 1.807) is 0 Å². The lowest BCUT2D eigenvalue weighted by atomic mass is 9.83. The molecule has 1 aromatic carbocycles. The topological polar surface area (TPSA) is 32.3 Å². The first-order valence-corrected chi connectivity index (χ1v) is 8.29. The second-order valence-corrected chi connectivity index (χ2v) is 6.81. The van der Waals surface area contributed by atoms with Crippen LogP contribution in [-0.4, -0.2) is 37.0 Å². The fraction of sp³-hybridized carbons (Fsp3) is 0.562. The first kappa shape index (κ1) is 14.1. The molecule has 2 heterocycles. The third-order valence-electron chi connectivity index (χ3n) is 4.68. The highest BCUT2D eigenvalue weighted by molar-refractivity contribution is 9.10. The number of amides is 1. The van der Waals surface area contributed by atoms with Crippen LogP contribution in [0, 0.1) is 11.8 Å². The predicted molar refractivity (Wildman–Crippen MR) is 83.7 cm³/mol. The Bertz CT molecular complexity index is 460. The SMILES string of the molecule is O=C(c1ccc(Br)cc1)N1CCC(C2CCNC2)CC1. The first-order chi connectivity index (χ1) is 9.74. The molecule has 0 radical (unpaired) electrons. The molecule has 3 nitrogen and oxygen atoms in total. The van der Waals surface area contributed by atoms with Gasteiger partial charge < -0.3 is 10.2 Å². The van der Waals surface area contributed by atoms with Crippen molar-refractivity contribution >= 4 is 21.8 Å². The van der Waals surface area contributed by atoms with Gasteiger partial charge in [-0.05, 0) is 68.5 Å². The third kappa shape index (κ3) is 3.07. The van der Waals surface area contributed by atoms with Gasteiger partial charge in [0.15, 0.2) is 0 Å². The second-order valence-electron chi connectivity index (χ2n) is 5.89. The molecule has 2 saturated heterocycles. The Morgan fingerprint density at radius 1 is 1.10 bits per heavy atom. The number of hydrogen-bond acceptors (Lipinski definition) is 2. The van der Waals surface area contributed by atoms with Crippen molar-refractivity contribution in [3.63, 3.8) is 0 Å². The Morgan fingerprint density at radius 3 is 2.40 bits per heavy atom. The number of likely N-dealkylation sites (tertiary alicyclic amines) is 1. The Hall–Kier alpha value is -0.870. The van der Waals surface area contributed by atoms with E-state index in [4.69, 9.17) is 0 Å². The minimum atomic E-state index is 0.181. The van der Waals surface area contributed by atoms with Crippen molar-refractivity contribution in [2.45, 2.75) is 19.3 Å². The molecular formula is C16H21BrN2O. The van der Waals surface area contributed by atoms with Crippen molar-refractivity contribution in [3.05, 3.63) is 34.3 Å². The number of halogens is 1. The number of nitrogens with one attached hydrogen (secondary N) is 1. The van der Waals surface area contributed by atoms with Gasteiger partial charge in [-0.1, -0.05) is 15.9 Å². The summed E-state index contributed by atoms with van der Waals surface area (Å²) in [5.74, 6) is 1.82. The molecule has 0 saturated carbocycles. The van der Waals surface area contributed by atoms with E-state index in [2.05, 4.69) is 21.2 Å². The van der Waals surface area contributed by atoms with Crippen LogP contribution in [0.1, 0.15) is 29.6 Å². The normalized spacial score (nSPS) is 24.1. The lowest BCUT2D eigenvalue weighted by molar-refractivity contribution is 0.0663. The number of carbonyl (C=O) groups excluding carboxylic acids is 1. The lowest BCUT2D eigenvalue weighted by Crippen LogP contribution is -2.40. The van der Waals surface area contributed by atoms with Gasteiger partial charge in [0.25, 0.3) is 5.91 Å². The Balaban J connectivity index is 1.57. The smallest absolute Gasteiger partial charge is 0.253 e. The zero-order valence-corrected chi connectivity index (χ0v) is 13.2. The van der Waals surface area contributed by atoms with Crippen molar-refractivity contribution in [1.82, 2.24) is 10.2 Å². The van der Waals surface area contributed by atoms with Crippen LogP contribution in [-0.2, 0) is 0 Å².